The van der Waals surface area contributed by atoms with E-state index in [0.717, 1.165) is 34.2 Å². The predicted octanol–water partition coefficient (Wildman–Crippen LogP) is 4.43. The molecule has 0 unspecified atom stereocenters. The summed E-state index contributed by atoms with van der Waals surface area (Å²) in [6.45, 7) is 5.92. The zero-order valence-corrected chi connectivity index (χ0v) is 20.0. The molecule has 0 aliphatic heterocycles. The van der Waals surface area contributed by atoms with Crippen molar-refractivity contribution in [3.8, 4) is 0 Å². The summed E-state index contributed by atoms with van der Waals surface area (Å²) in [6.07, 6.45) is 1.51. The van der Waals surface area contributed by atoms with Gasteiger partial charge < -0.3 is 15.5 Å². The first-order valence-electron chi connectivity index (χ1n) is 9.58. The van der Waals surface area contributed by atoms with E-state index in [0.29, 0.717) is 5.56 Å². The van der Waals surface area contributed by atoms with Gasteiger partial charge in [-0.05, 0) is 43.9 Å². The summed E-state index contributed by atoms with van der Waals surface area (Å²) < 4.78 is 1.06. The number of aromatic nitrogens is 2. The number of anilines is 2. The molecule has 0 aliphatic rings. The van der Waals surface area contributed by atoms with Crippen molar-refractivity contribution in [2.24, 2.45) is 5.73 Å². The highest BCUT2D eigenvalue weighted by atomic mass is 79.9. The number of halogens is 1. The topological polar surface area (TPSA) is 75.3 Å². The number of primary amides is 1. The van der Waals surface area contributed by atoms with Crippen molar-refractivity contribution in [3.63, 3.8) is 0 Å². The Balaban J connectivity index is 1.93. The average Bonchev–Trinajstić information content (AvgIpc) is 3.19. The second-order valence-electron chi connectivity index (χ2n) is 7.87. The van der Waals surface area contributed by atoms with E-state index in [1.165, 1.54) is 11.8 Å². The van der Waals surface area contributed by atoms with Crippen LogP contribution in [0.15, 0.2) is 52.4 Å². The van der Waals surface area contributed by atoms with Gasteiger partial charge in [-0.15, -0.1) is 11.3 Å². The fraction of sp³-hybridized carbons (Fsp3) is 0.318. The molecule has 1 aromatic carbocycles. The van der Waals surface area contributed by atoms with E-state index in [1.54, 1.807) is 17.4 Å². The molecule has 0 aliphatic carbocycles. The van der Waals surface area contributed by atoms with Gasteiger partial charge in [0.2, 0.25) is 5.91 Å². The highest BCUT2D eigenvalue weighted by Crippen LogP contribution is 2.36. The van der Waals surface area contributed by atoms with Gasteiger partial charge >= 0.3 is 0 Å². The van der Waals surface area contributed by atoms with E-state index < -0.39 is 5.91 Å². The van der Waals surface area contributed by atoms with Gasteiger partial charge in [-0.3, -0.25) is 4.79 Å². The lowest BCUT2D eigenvalue weighted by Gasteiger charge is -2.25. The van der Waals surface area contributed by atoms with Crippen LogP contribution in [0.1, 0.15) is 35.5 Å². The van der Waals surface area contributed by atoms with Crippen LogP contribution < -0.4 is 10.6 Å². The second kappa shape index (κ2) is 9.24. The monoisotopic (exact) mass is 487 g/mol. The van der Waals surface area contributed by atoms with Crippen molar-refractivity contribution >= 4 is 44.1 Å². The molecule has 0 atom stereocenters. The first-order valence-corrected chi connectivity index (χ1v) is 11.3. The molecule has 3 aromatic rings. The van der Waals surface area contributed by atoms with Gasteiger partial charge in [0.1, 0.15) is 5.82 Å². The number of nitrogens with two attached hydrogens (primary N) is 1. The standard InChI is InChI=1S/C22H26BrN5OS/c1-22(2,16-6-8-17(23)9-7-16)18-14-30-21(26-18)28(12-11-27(3)4)19-10-5-15(13-25-19)20(24)29/h5-10,13-14H,11-12H2,1-4H3,(H2,24,29). The number of carbonyl (C=O) groups excluding carboxylic acids is 1. The molecule has 2 aromatic heterocycles. The molecule has 3 rings (SSSR count). The quantitative estimate of drug-likeness (QED) is 0.508. The molecule has 0 spiro atoms. The van der Waals surface area contributed by atoms with Gasteiger partial charge in [-0.2, -0.15) is 0 Å². The Bertz CT molecular complexity index is 999. The molecule has 0 bridgehead atoms. The van der Waals surface area contributed by atoms with Crippen LogP contribution in [0, 0.1) is 0 Å². The van der Waals surface area contributed by atoms with Crippen LogP contribution in [0.5, 0.6) is 0 Å². The first kappa shape index (κ1) is 22.4. The molecule has 2 N–H and O–H groups in total. The highest BCUT2D eigenvalue weighted by molar-refractivity contribution is 9.10. The molecule has 0 saturated heterocycles. The number of nitrogens with zero attached hydrogens (tertiary/aromatic N) is 4. The van der Waals surface area contributed by atoms with E-state index in [9.17, 15) is 4.79 Å². The van der Waals surface area contributed by atoms with Crippen LogP contribution in [-0.4, -0.2) is 48.0 Å². The van der Waals surface area contributed by atoms with Crippen LogP contribution >= 0.6 is 27.3 Å². The molecular weight excluding hydrogens is 462 g/mol. The normalized spacial score (nSPS) is 11.7. The third-order valence-electron chi connectivity index (χ3n) is 5.01. The maximum atomic E-state index is 11.4. The van der Waals surface area contributed by atoms with Crippen molar-refractivity contribution < 1.29 is 4.79 Å². The van der Waals surface area contributed by atoms with Crippen molar-refractivity contribution in [3.05, 3.63) is 69.3 Å². The molecule has 2 heterocycles. The van der Waals surface area contributed by atoms with Crippen LogP contribution in [0.4, 0.5) is 10.9 Å². The number of benzene rings is 1. The van der Waals surface area contributed by atoms with Crippen LogP contribution in [0.3, 0.4) is 0 Å². The molecule has 1 amide bonds. The zero-order chi connectivity index (χ0) is 21.9. The Morgan fingerprint density at radius 2 is 1.83 bits per heavy atom. The summed E-state index contributed by atoms with van der Waals surface area (Å²) in [4.78, 5) is 25.0. The maximum absolute atomic E-state index is 11.4. The van der Waals surface area contributed by atoms with Gasteiger partial charge in [0, 0.05) is 34.6 Å². The number of thiazole rings is 1. The van der Waals surface area contributed by atoms with E-state index in [-0.39, 0.29) is 5.41 Å². The Hall–Kier alpha value is -2.29. The van der Waals surface area contributed by atoms with Crippen LogP contribution in [0.2, 0.25) is 0 Å². The predicted molar refractivity (Wildman–Crippen MR) is 127 cm³/mol. The Morgan fingerprint density at radius 1 is 1.13 bits per heavy atom. The minimum absolute atomic E-state index is 0.230. The maximum Gasteiger partial charge on any atom is 0.250 e. The molecule has 0 saturated carbocycles. The van der Waals surface area contributed by atoms with Gasteiger partial charge in [-0.1, -0.05) is 41.9 Å². The Labute approximate surface area is 189 Å². The molecule has 6 nitrogen and oxygen atoms in total. The fourth-order valence-electron chi connectivity index (χ4n) is 2.99. The van der Waals surface area contributed by atoms with E-state index in [2.05, 4.69) is 74.2 Å². The third kappa shape index (κ3) is 5.06. The lowest BCUT2D eigenvalue weighted by atomic mass is 9.82. The summed E-state index contributed by atoms with van der Waals surface area (Å²) in [7, 11) is 4.07. The molecule has 8 heteroatoms. The lowest BCUT2D eigenvalue weighted by molar-refractivity contribution is 0.1000. The number of pyridine rings is 1. The summed E-state index contributed by atoms with van der Waals surface area (Å²) in [6, 6.07) is 11.9. The Kier molecular flexibility index (Phi) is 6.90. The average molecular weight is 488 g/mol. The van der Waals surface area contributed by atoms with E-state index in [1.807, 2.05) is 20.2 Å². The van der Waals surface area contributed by atoms with Gasteiger partial charge in [-0.25, -0.2) is 9.97 Å². The third-order valence-corrected chi connectivity index (χ3v) is 6.40. The number of likely N-dealkylation sites (N-methyl/N-ethyl adjacent to an activating group) is 1. The van der Waals surface area contributed by atoms with Gasteiger partial charge in [0.15, 0.2) is 5.13 Å². The fourth-order valence-corrected chi connectivity index (χ4v) is 4.28. The van der Waals surface area contributed by atoms with Crippen molar-refractivity contribution in [2.75, 3.05) is 32.1 Å². The highest BCUT2D eigenvalue weighted by Gasteiger charge is 2.27. The number of hydrogen-bond acceptors (Lipinski definition) is 6. The SMILES string of the molecule is CN(C)CCN(c1ccc(C(N)=O)cn1)c1nc(C(C)(C)c2ccc(Br)cc2)cs1. The molecule has 0 fully saturated rings. The number of hydrogen-bond donors (Lipinski definition) is 1. The van der Waals surface area contributed by atoms with E-state index in [4.69, 9.17) is 10.7 Å². The first-order chi connectivity index (χ1) is 14.2. The number of amides is 1. The smallest absolute Gasteiger partial charge is 0.250 e. The Morgan fingerprint density at radius 3 is 2.40 bits per heavy atom. The summed E-state index contributed by atoms with van der Waals surface area (Å²) in [5.74, 6) is 0.255. The molecule has 158 valence electrons. The number of rotatable bonds is 8. The summed E-state index contributed by atoms with van der Waals surface area (Å²) in [5, 5.41) is 2.98. The van der Waals surface area contributed by atoms with Crippen molar-refractivity contribution in [1.29, 1.82) is 0 Å². The zero-order valence-electron chi connectivity index (χ0n) is 17.6. The van der Waals surface area contributed by atoms with Crippen molar-refractivity contribution in [1.82, 2.24) is 14.9 Å². The summed E-state index contributed by atoms with van der Waals surface area (Å²) in [5.41, 5.74) is 7.72. The lowest BCUT2D eigenvalue weighted by Crippen LogP contribution is -2.29. The molecule has 0 radical (unpaired) electrons. The number of carbonyl (C=O) groups is 1. The van der Waals surface area contributed by atoms with Gasteiger partial charge in [0.25, 0.3) is 0 Å². The van der Waals surface area contributed by atoms with Crippen LogP contribution in [-0.2, 0) is 5.41 Å². The molecule has 30 heavy (non-hydrogen) atoms. The summed E-state index contributed by atoms with van der Waals surface area (Å²) >= 11 is 5.09. The minimum atomic E-state index is -0.485. The van der Waals surface area contributed by atoms with E-state index >= 15 is 0 Å². The second-order valence-corrected chi connectivity index (χ2v) is 9.62. The van der Waals surface area contributed by atoms with Crippen molar-refractivity contribution in [2.45, 2.75) is 19.3 Å². The largest absolute Gasteiger partial charge is 0.366 e. The van der Waals surface area contributed by atoms with Crippen LogP contribution in [0.25, 0.3) is 0 Å². The van der Waals surface area contributed by atoms with Gasteiger partial charge in [0.05, 0.1) is 11.3 Å². The molecular formula is C22H26BrN5OS. The minimum Gasteiger partial charge on any atom is -0.366 e.